The van der Waals surface area contributed by atoms with Gasteiger partial charge in [-0.1, -0.05) is 12.1 Å². The Bertz CT molecular complexity index is 380. The van der Waals surface area contributed by atoms with Gasteiger partial charge < -0.3 is 15.4 Å². The van der Waals surface area contributed by atoms with Gasteiger partial charge in [0.15, 0.2) is 5.11 Å². The Morgan fingerprint density at radius 2 is 2.12 bits per heavy atom. The molecule has 0 atom stereocenters. The predicted octanol–water partition coefficient (Wildman–Crippen LogP) is 2.63. The zero-order valence-electron chi connectivity index (χ0n) is 10.7. The zero-order chi connectivity index (χ0) is 12.7. The molecule has 0 aliphatic heterocycles. The summed E-state index contributed by atoms with van der Waals surface area (Å²) in [4.78, 5) is 0. The minimum atomic E-state index is 0.662. The third-order valence-electron chi connectivity index (χ3n) is 2.66. The minimum Gasteiger partial charge on any atom is -0.385 e. The third-order valence-corrected chi connectivity index (χ3v) is 2.91. The highest BCUT2D eigenvalue weighted by Gasteiger charge is 2.02. The number of aryl methyl sites for hydroxylation is 1. The number of benzene rings is 1. The second kappa shape index (κ2) is 7.25. The van der Waals surface area contributed by atoms with E-state index in [1.165, 1.54) is 11.1 Å². The molecule has 0 saturated heterocycles. The smallest absolute Gasteiger partial charge is 0.170 e. The van der Waals surface area contributed by atoms with Crippen LogP contribution in [0.15, 0.2) is 18.2 Å². The van der Waals surface area contributed by atoms with E-state index in [0.29, 0.717) is 5.11 Å². The highest BCUT2D eigenvalue weighted by Crippen LogP contribution is 2.17. The van der Waals surface area contributed by atoms with Gasteiger partial charge in [0.1, 0.15) is 0 Å². The Morgan fingerprint density at radius 3 is 2.82 bits per heavy atom. The van der Waals surface area contributed by atoms with Gasteiger partial charge in [-0.3, -0.25) is 0 Å². The fourth-order valence-corrected chi connectivity index (χ4v) is 1.68. The van der Waals surface area contributed by atoms with Gasteiger partial charge in [0.2, 0.25) is 0 Å². The van der Waals surface area contributed by atoms with Gasteiger partial charge in [-0.2, -0.15) is 0 Å². The molecule has 0 bridgehead atoms. The van der Waals surface area contributed by atoms with E-state index in [1.807, 2.05) is 12.1 Å². The van der Waals surface area contributed by atoms with Crippen molar-refractivity contribution in [2.75, 3.05) is 25.6 Å². The molecule has 0 saturated carbocycles. The largest absolute Gasteiger partial charge is 0.385 e. The Kier molecular flexibility index (Phi) is 5.94. The van der Waals surface area contributed by atoms with Crippen molar-refractivity contribution in [3.63, 3.8) is 0 Å². The number of hydrogen-bond acceptors (Lipinski definition) is 2. The van der Waals surface area contributed by atoms with E-state index in [4.69, 9.17) is 17.0 Å². The first kappa shape index (κ1) is 13.9. The number of rotatable bonds is 5. The van der Waals surface area contributed by atoms with Crippen molar-refractivity contribution in [3.8, 4) is 0 Å². The molecule has 1 aromatic rings. The van der Waals surface area contributed by atoms with Gasteiger partial charge in [0, 0.05) is 25.9 Å². The van der Waals surface area contributed by atoms with Crippen LogP contribution in [0.25, 0.3) is 0 Å². The fourth-order valence-electron chi connectivity index (χ4n) is 1.47. The maximum atomic E-state index is 5.23. The van der Waals surface area contributed by atoms with Crippen molar-refractivity contribution < 1.29 is 4.74 Å². The van der Waals surface area contributed by atoms with E-state index in [2.05, 4.69) is 30.5 Å². The van der Waals surface area contributed by atoms with Crippen molar-refractivity contribution in [2.24, 2.45) is 0 Å². The molecule has 0 aliphatic rings. The first-order chi connectivity index (χ1) is 8.15. The maximum Gasteiger partial charge on any atom is 0.170 e. The van der Waals surface area contributed by atoms with E-state index in [1.54, 1.807) is 7.11 Å². The van der Waals surface area contributed by atoms with Crippen molar-refractivity contribution in [1.82, 2.24) is 5.32 Å². The molecule has 0 amide bonds. The summed E-state index contributed by atoms with van der Waals surface area (Å²) in [6, 6.07) is 6.15. The van der Waals surface area contributed by atoms with Crippen molar-refractivity contribution >= 4 is 23.0 Å². The van der Waals surface area contributed by atoms with Crippen LogP contribution in [0.4, 0.5) is 5.69 Å². The Labute approximate surface area is 109 Å². The molecular formula is C13H20N2OS. The van der Waals surface area contributed by atoms with Crippen LogP contribution in [0.5, 0.6) is 0 Å². The maximum absolute atomic E-state index is 5.23. The lowest BCUT2D eigenvalue weighted by Crippen LogP contribution is -2.30. The van der Waals surface area contributed by atoms with Crippen LogP contribution in [-0.4, -0.2) is 25.4 Å². The number of anilines is 1. The quantitative estimate of drug-likeness (QED) is 0.623. The van der Waals surface area contributed by atoms with Crippen LogP contribution in [-0.2, 0) is 4.74 Å². The van der Waals surface area contributed by atoms with Gasteiger partial charge in [-0.25, -0.2) is 0 Å². The molecule has 94 valence electrons. The topological polar surface area (TPSA) is 33.3 Å². The molecule has 4 heteroatoms. The van der Waals surface area contributed by atoms with Gasteiger partial charge in [-0.15, -0.1) is 0 Å². The summed E-state index contributed by atoms with van der Waals surface area (Å²) in [5, 5.41) is 7.02. The molecule has 17 heavy (non-hydrogen) atoms. The number of methoxy groups -OCH3 is 1. The zero-order valence-corrected chi connectivity index (χ0v) is 11.5. The number of nitrogens with one attached hydrogen (secondary N) is 2. The molecular weight excluding hydrogens is 232 g/mol. The Morgan fingerprint density at radius 1 is 1.35 bits per heavy atom. The molecule has 0 aromatic heterocycles. The molecule has 0 fully saturated rings. The third kappa shape index (κ3) is 4.71. The van der Waals surface area contributed by atoms with Gasteiger partial charge in [0.25, 0.3) is 0 Å². The van der Waals surface area contributed by atoms with Crippen LogP contribution < -0.4 is 10.6 Å². The first-order valence-electron chi connectivity index (χ1n) is 5.75. The van der Waals surface area contributed by atoms with Crippen LogP contribution in [0.1, 0.15) is 17.5 Å². The molecule has 0 unspecified atom stereocenters. The van der Waals surface area contributed by atoms with E-state index in [0.717, 1.165) is 25.3 Å². The summed E-state index contributed by atoms with van der Waals surface area (Å²) < 4.78 is 4.97. The minimum absolute atomic E-state index is 0.662. The molecule has 3 nitrogen and oxygen atoms in total. The van der Waals surface area contributed by atoms with Gasteiger partial charge >= 0.3 is 0 Å². The summed E-state index contributed by atoms with van der Waals surface area (Å²) in [5.41, 5.74) is 3.56. The SMILES string of the molecule is COCCCNC(=S)Nc1cccc(C)c1C. The summed E-state index contributed by atoms with van der Waals surface area (Å²) in [6.07, 6.45) is 0.950. The molecule has 2 N–H and O–H groups in total. The highest BCUT2D eigenvalue weighted by molar-refractivity contribution is 7.80. The average Bonchev–Trinajstić information content (AvgIpc) is 2.31. The molecule has 0 radical (unpaired) electrons. The van der Waals surface area contributed by atoms with Crippen molar-refractivity contribution in [3.05, 3.63) is 29.3 Å². The first-order valence-corrected chi connectivity index (χ1v) is 6.16. The fraction of sp³-hybridized carbons (Fsp3) is 0.462. The van der Waals surface area contributed by atoms with Crippen LogP contribution in [0.3, 0.4) is 0 Å². The Hall–Kier alpha value is -1.13. The van der Waals surface area contributed by atoms with E-state index in [-0.39, 0.29) is 0 Å². The Balaban J connectivity index is 2.43. The summed E-state index contributed by atoms with van der Waals surface area (Å²) in [7, 11) is 1.70. The highest BCUT2D eigenvalue weighted by atomic mass is 32.1. The van der Waals surface area contributed by atoms with Gasteiger partial charge in [-0.05, 0) is 49.7 Å². The number of thiocarbonyl (C=S) groups is 1. The molecule has 1 aromatic carbocycles. The average molecular weight is 252 g/mol. The van der Waals surface area contributed by atoms with Crippen LogP contribution in [0, 0.1) is 13.8 Å². The van der Waals surface area contributed by atoms with Crippen molar-refractivity contribution in [1.29, 1.82) is 0 Å². The van der Waals surface area contributed by atoms with Gasteiger partial charge in [0.05, 0.1) is 0 Å². The lowest BCUT2D eigenvalue weighted by atomic mass is 10.1. The monoisotopic (exact) mass is 252 g/mol. The van der Waals surface area contributed by atoms with E-state index >= 15 is 0 Å². The second-order valence-corrected chi connectivity index (χ2v) is 4.38. The molecule has 0 spiro atoms. The van der Waals surface area contributed by atoms with Crippen molar-refractivity contribution in [2.45, 2.75) is 20.3 Å². The number of hydrogen-bond donors (Lipinski definition) is 2. The lowest BCUT2D eigenvalue weighted by molar-refractivity contribution is 0.196. The van der Waals surface area contributed by atoms with Crippen LogP contribution >= 0.6 is 12.2 Å². The van der Waals surface area contributed by atoms with E-state index in [9.17, 15) is 0 Å². The molecule has 1 rings (SSSR count). The summed E-state index contributed by atoms with van der Waals surface area (Å²) in [6.45, 7) is 5.75. The number of ether oxygens (including phenoxy) is 1. The summed E-state index contributed by atoms with van der Waals surface area (Å²) in [5.74, 6) is 0. The molecule has 0 aliphatic carbocycles. The second-order valence-electron chi connectivity index (χ2n) is 3.97. The lowest BCUT2D eigenvalue weighted by Gasteiger charge is -2.13. The molecule has 0 heterocycles. The summed E-state index contributed by atoms with van der Waals surface area (Å²) >= 11 is 5.23. The van der Waals surface area contributed by atoms with E-state index < -0.39 is 0 Å². The standard InChI is InChI=1S/C13H20N2OS/c1-10-6-4-7-12(11(10)2)15-13(17)14-8-5-9-16-3/h4,6-7H,5,8-9H2,1-3H3,(H2,14,15,17). The normalized spacial score (nSPS) is 10.1. The predicted molar refractivity (Wildman–Crippen MR) is 76.6 cm³/mol. The van der Waals surface area contributed by atoms with Crippen LogP contribution in [0.2, 0.25) is 0 Å².